The molecule has 0 fully saturated rings. The van der Waals surface area contributed by atoms with Crippen molar-refractivity contribution in [2.45, 2.75) is 40.0 Å². The Morgan fingerprint density at radius 3 is 2.18 bits per heavy atom. The van der Waals surface area contributed by atoms with Crippen LogP contribution in [0.2, 0.25) is 0 Å². The highest BCUT2D eigenvalue weighted by Gasteiger charge is 2.08. The van der Waals surface area contributed by atoms with Gasteiger partial charge in [0.1, 0.15) is 0 Å². The van der Waals surface area contributed by atoms with Crippen LogP contribution in [-0.2, 0) is 11.1 Å². The van der Waals surface area contributed by atoms with Crippen LogP contribution in [0.4, 0.5) is 0 Å². The largest absolute Gasteiger partial charge is 0.306 e. The fourth-order valence-electron chi connectivity index (χ4n) is 0.881. The maximum Gasteiger partial charge on any atom is 0.152 e. The molecule has 3 heteroatoms. The molecule has 0 aromatic carbocycles. The van der Waals surface area contributed by atoms with Gasteiger partial charge in [-0.1, -0.05) is 27.2 Å². The molecule has 1 atom stereocenters. The summed E-state index contributed by atoms with van der Waals surface area (Å²) in [7, 11) is 0. The monoisotopic (exact) mass is 178 g/mol. The Kier molecular flexibility index (Phi) is 4.93. The van der Waals surface area contributed by atoms with Crippen LogP contribution in [0.1, 0.15) is 40.0 Å². The maximum absolute atomic E-state index is 10.2. The van der Waals surface area contributed by atoms with E-state index in [0.717, 1.165) is 19.3 Å². The fourth-order valence-corrected chi connectivity index (χ4v) is 1.33. The molecule has 0 aromatic heterocycles. The molecule has 0 spiro atoms. The fraction of sp³-hybridized carbons (Fsp3) is 1.00. The van der Waals surface area contributed by atoms with Gasteiger partial charge in [-0.25, -0.2) is 4.21 Å². The Morgan fingerprint density at radius 1 is 1.27 bits per heavy atom. The number of hydrogen-bond donors (Lipinski definition) is 1. The lowest BCUT2D eigenvalue weighted by Crippen LogP contribution is -2.05. The minimum Gasteiger partial charge on any atom is -0.306 e. The van der Waals surface area contributed by atoms with Gasteiger partial charge in [-0.05, 0) is 18.3 Å². The third-order valence-corrected chi connectivity index (χ3v) is 2.13. The van der Waals surface area contributed by atoms with Gasteiger partial charge in [-0.2, -0.15) is 0 Å². The van der Waals surface area contributed by atoms with Crippen molar-refractivity contribution in [2.24, 2.45) is 5.41 Å². The first-order valence-corrected chi connectivity index (χ1v) is 5.27. The predicted molar refractivity (Wildman–Crippen MR) is 48.9 cm³/mol. The van der Waals surface area contributed by atoms with Crippen molar-refractivity contribution in [2.75, 3.05) is 5.75 Å². The van der Waals surface area contributed by atoms with E-state index < -0.39 is 11.1 Å². The third-order valence-electron chi connectivity index (χ3n) is 1.50. The van der Waals surface area contributed by atoms with Crippen LogP contribution in [0.5, 0.6) is 0 Å². The minimum absolute atomic E-state index is 0.358. The highest BCUT2D eigenvalue weighted by Crippen LogP contribution is 2.21. The van der Waals surface area contributed by atoms with Gasteiger partial charge >= 0.3 is 0 Å². The lowest BCUT2D eigenvalue weighted by Gasteiger charge is -2.16. The number of rotatable bonds is 4. The molecule has 0 amide bonds. The first kappa shape index (κ1) is 11.1. The summed E-state index contributed by atoms with van der Waals surface area (Å²) in [5.41, 5.74) is 0.358. The molecule has 68 valence electrons. The van der Waals surface area contributed by atoms with Crippen molar-refractivity contribution in [1.29, 1.82) is 0 Å². The summed E-state index contributed by atoms with van der Waals surface area (Å²) >= 11 is -1.59. The molecule has 0 aliphatic heterocycles. The van der Waals surface area contributed by atoms with E-state index in [4.69, 9.17) is 4.55 Å². The molecule has 0 saturated carbocycles. The van der Waals surface area contributed by atoms with E-state index in [-0.39, 0.29) is 0 Å². The van der Waals surface area contributed by atoms with E-state index in [1.165, 1.54) is 0 Å². The van der Waals surface area contributed by atoms with Crippen LogP contribution in [-0.4, -0.2) is 14.5 Å². The Morgan fingerprint density at radius 2 is 1.82 bits per heavy atom. The van der Waals surface area contributed by atoms with Crippen molar-refractivity contribution in [1.82, 2.24) is 0 Å². The molecular weight excluding hydrogens is 160 g/mol. The van der Waals surface area contributed by atoms with Crippen LogP contribution in [0.25, 0.3) is 0 Å². The van der Waals surface area contributed by atoms with E-state index in [0.29, 0.717) is 11.2 Å². The molecule has 1 N–H and O–H groups in total. The van der Waals surface area contributed by atoms with Crippen molar-refractivity contribution < 1.29 is 8.76 Å². The molecule has 2 nitrogen and oxygen atoms in total. The lowest BCUT2D eigenvalue weighted by atomic mass is 9.90. The van der Waals surface area contributed by atoms with Gasteiger partial charge < -0.3 is 4.55 Å². The van der Waals surface area contributed by atoms with Gasteiger partial charge in [0, 0.05) is 5.75 Å². The number of hydrogen-bond acceptors (Lipinski definition) is 1. The highest BCUT2D eigenvalue weighted by molar-refractivity contribution is 7.79. The van der Waals surface area contributed by atoms with Crippen molar-refractivity contribution in [3.63, 3.8) is 0 Å². The zero-order valence-electron chi connectivity index (χ0n) is 7.59. The Balaban J connectivity index is 3.22. The number of unbranched alkanes of at least 4 members (excludes halogenated alkanes) is 1. The van der Waals surface area contributed by atoms with E-state index in [1.807, 2.05) is 0 Å². The summed E-state index contributed by atoms with van der Waals surface area (Å²) in [5, 5.41) is 0. The van der Waals surface area contributed by atoms with Crippen LogP contribution in [0.15, 0.2) is 0 Å². The molecule has 0 rings (SSSR count). The van der Waals surface area contributed by atoms with Gasteiger partial charge in [-0.3, -0.25) is 0 Å². The van der Waals surface area contributed by atoms with Crippen molar-refractivity contribution >= 4 is 11.1 Å². The summed E-state index contributed by atoms with van der Waals surface area (Å²) in [4.78, 5) is 0. The van der Waals surface area contributed by atoms with Gasteiger partial charge in [0.2, 0.25) is 0 Å². The van der Waals surface area contributed by atoms with Crippen LogP contribution in [0.3, 0.4) is 0 Å². The average Bonchev–Trinajstić information content (AvgIpc) is 1.78. The van der Waals surface area contributed by atoms with E-state index in [1.54, 1.807) is 0 Å². The second-order valence-electron chi connectivity index (χ2n) is 4.04. The molecule has 0 bridgehead atoms. The predicted octanol–water partition coefficient (Wildman–Crippen LogP) is 2.42. The average molecular weight is 178 g/mol. The van der Waals surface area contributed by atoms with E-state index >= 15 is 0 Å². The molecule has 1 unspecified atom stereocenters. The van der Waals surface area contributed by atoms with Crippen LogP contribution in [0, 0.1) is 5.41 Å². The standard InChI is InChI=1S/C8H18O2S/c1-8(2,3)6-4-5-7-11(9)10/h4-7H2,1-3H3,(H,9,10). The SMILES string of the molecule is CC(C)(C)CCCCS(=O)O. The Hall–Kier alpha value is 0.110. The van der Waals surface area contributed by atoms with Crippen molar-refractivity contribution in [3.8, 4) is 0 Å². The lowest BCUT2D eigenvalue weighted by molar-refractivity contribution is 0.363. The molecule has 0 heterocycles. The van der Waals surface area contributed by atoms with Gasteiger partial charge in [0.25, 0.3) is 0 Å². The van der Waals surface area contributed by atoms with E-state index in [2.05, 4.69) is 20.8 Å². The van der Waals surface area contributed by atoms with Crippen LogP contribution >= 0.6 is 0 Å². The topological polar surface area (TPSA) is 37.3 Å². The summed E-state index contributed by atoms with van der Waals surface area (Å²) in [5.74, 6) is 0.427. The normalized spacial score (nSPS) is 14.9. The summed E-state index contributed by atoms with van der Waals surface area (Å²) in [6.45, 7) is 6.55. The quantitative estimate of drug-likeness (QED) is 0.530. The molecule has 0 aliphatic rings. The molecular formula is C8H18O2S. The molecule has 0 aromatic rings. The smallest absolute Gasteiger partial charge is 0.152 e. The molecule has 0 saturated heterocycles. The second-order valence-corrected chi connectivity index (χ2v) is 5.09. The summed E-state index contributed by atoms with van der Waals surface area (Å²) < 4.78 is 18.7. The first-order chi connectivity index (χ1) is 4.92. The highest BCUT2D eigenvalue weighted by atomic mass is 32.2. The molecule has 0 radical (unpaired) electrons. The minimum atomic E-state index is -1.59. The Bertz CT molecular complexity index is 127. The zero-order valence-corrected chi connectivity index (χ0v) is 8.41. The van der Waals surface area contributed by atoms with Gasteiger partial charge in [0.15, 0.2) is 11.1 Å². The van der Waals surface area contributed by atoms with Gasteiger partial charge in [0.05, 0.1) is 0 Å². The maximum atomic E-state index is 10.2. The third kappa shape index (κ3) is 10.1. The van der Waals surface area contributed by atoms with Gasteiger partial charge in [-0.15, -0.1) is 0 Å². The second kappa shape index (κ2) is 4.88. The molecule has 0 aliphatic carbocycles. The zero-order chi connectivity index (χ0) is 8.91. The molecule has 11 heavy (non-hydrogen) atoms. The summed E-state index contributed by atoms with van der Waals surface area (Å²) in [6.07, 6.45) is 3.04. The first-order valence-electron chi connectivity index (χ1n) is 3.99. The van der Waals surface area contributed by atoms with Crippen LogP contribution < -0.4 is 0 Å². The summed E-state index contributed by atoms with van der Waals surface area (Å²) in [6, 6.07) is 0. The Labute approximate surface area is 71.7 Å². The van der Waals surface area contributed by atoms with Crippen molar-refractivity contribution in [3.05, 3.63) is 0 Å². The van der Waals surface area contributed by atoms with E-state index in [9.17, 15) is 4.21 Å².